The molecule has 0 spiro atoms. The minimum atomic E-state index is -0.857. The number of thiocarbonyl (C=S) groups is 1. The van der Waals surface area contributed by atoms with Gasteiger partial charge in [-0.2, -0.15) is 12.6 Å². The molecule has 0 radical (unpaired) electrons. The third-order valence-electron chi connectivity index (χ3n) is 4.03. The Balaban J connectivity index is 1.81. The van der Waals surface area contributed by atoms with Gasteiger partial charge in [0, 0.05) is 22.1 Å². The molecule has 0 fully saturated rings. The van der Waals surface area contributed by atoms with Gasteiger partial charge >= 0.3 is 0 Å². The zero-order chi connectivity index (χ0) is 22.8. The molecule has 4 N–H and O–H groups in total. The summed E-state index contributed by atoms with van der Waals surface area (Å²) in [5.74, 6) is -1.15. The second-order valence-corrected chi connectivity index (χ2v) is 8.17. The predicted octanol–water partition coefficient (Wildman–Crippen LogP) is 2.67. The van der Waals surface area contributed by atoms with Crippen molar-refractivity contribution in [2.75, 3.05) is 12.4 Å². The first-order valence-corrected chi connectivity index (χ1v) is 10.7. The first-order valence-electron chi connectivity index (χ1n) is 9.02. The van der Waals surface area contributed by atoms with Crippen molar-refractivity contribution >= 4 is 69.7 Å². The number of ether oxygens (including phenoxy) is 1. The fourth-order valence-electron chi connectivity index (χ4n) is 2.42. The van der Waals surface area contributed by atoms with E-state index in [1.807, 2.05) is 18.2 Å². The monoisotopic (exact) mass is 524 g/mol. The number of nitrogens with one attached hydrogen (secondary N) is 4. The lowest BCUT2D eigenvalue weighted by Gasteiger charge is -2.19. The van der Waals surface area contributed by atoms with Gasteiger partial charge in [0.1, 0.15) is 12.0 Å². The third kappa shape index (κ3) is 8.19. The van der Waals surface area contributed by atoms with E-state index in [1.165, 1.54) is 7.11 Å². The molecular weight excluding hydrogens is 504 g/mol. The first-order chi connectivity index (χ1) is 14.8. The molecule has 164 valence electrons. The zero-order valence-electron chi connectivity index (χ0n) is 16.4. The molecule has 2 aromatic carbocycles. The van der Waals surface area contributed by atoms with E-state index in [0.29, 0.717) is 17.6 Å². The number of thiol groups is 1. The number of anilines is 1. The number of benzene rings is 2. The standard InChI is InChI=1S/C20H21BrN4O4S2/c1-29-16-7-5-12(6-8-16)18(28)23-19(30)13(11-26)9-17(27)24-25-20(31)22-15-4-2-3-14(21)10-15/h2-8,10-11,13,19,30H,9H2,1H3,(H,23,28)(H,24,27)(H2,22,25,31). The average Bonchev–Trinajstić information content (AvgIpc) is 2.76. The second-order valence-electron chi connectivity index (χ2n) is 6.29. The van der Waals surface area contributed by atoms with Crippen LogP contribution < -0.4 is 26.2 Å². The van der Waals surface area contributed by atoms with Gasteiger partial charge in [0.15, 0.2) is 5.11 Å². The Morgan fingerprint density at radius 2 is 1.90 bits per heavy atom. The van der Waals surface area contributed by atoms with Gasteiger partial charge in [0.05, 0.1) is 18.4 Å². The number of amides is 2. The SMILES string of the molecule is COc1ccc(C(=O)NC(S)C(C=O)CC(=O)NNC(=S)Nc2cccc(Br)c2)cc1. The Bertz CT molecular complexity index is 943. The van der Waals surface area contributed by atoms with E-state index in [1.54, 1.807) is 30.3 Å². The van der Waals surface area contributed by atoms with Gasteiger partial charge in [-0.3, -0.25) is 20.4 Å². The van der Waals surface area contributed by atoms with Crippen LogP contribution in [-0.4, -0.2) is 35.7 Å². The van der Waals surface area contributed by atoms with E-state index < -0.39 is 23.1 Å². The van der Waals surface area contributed by atoms with Crippen LogP contribution in [0.25, 0.3) is 0 Å². The van der Waals surface area contributed by atoms with Gasteiger partial charge in [-0.05, 0) is 54.7 Å². The molecule has 0 aliphatic heterocycles. The predicted molar refractivity (Wildman–Crippen MR) is 129 cm³/mol. The number of hydrogen-bond acceptors (Lipinski definition) is 6. The highest BCUT2D eigenvalue weighted by molar-refractivity contribution is 9.10. The molecule has 2 atom stereocenters. The average molecular weight is 525 g/mol. The van der Waals surface area contributed by atoms with Crippen LogP contribution in [0, 0.1) is 5.92 Å². The van der Waals surface area contributed by atoms with Crippen LogP contribution in [0.2, 0.25) is 0 Å². The fraction of sp³-hybridized carbons (Fsp3) is 0.200. The van der Waals surface area contributed by atoms with Crippen molar-refractivity contribution in [2.24, 2.45) is 5.92 Å². The van der Waals surface area contributed by atoms with Crippen LogP contribution in [0.1, 0.15) is 16.8 Å². The molecule has 8 nitrogen and oxygen atoms in total. The van der Waals surface area contributed by atoms with E-state index in [9.17, 15) is 14.4 Å². The van der Waals surface area contributed by atoms with E-state index >= 15 is 0 Å². The molecule has 0 bridgehead atoms. The molecule has 2 amide bonds. The van der Waals surface area contributed by atoms with Crippen LogP contribution in [0.5, 0.6) is 5.75 Å². The molecule has 0 heterocycles. The molecule has 0 aromatic heterocycles. The number of rotatable bonds is 8. The van der Waals surface area contributed by atoms with Gasteiger partial charge in [-0.1, -0.05) is 22.0 Å². The molecule has 0 aliphatic carbocycles. The first kappa shape index (κ1) is 24.6. The van der Waals surface area contributed by atoms with Crippen molar-refractivity contribution in [3.63, 3.8) is 0 Å². The normalized spacial score (nSPS) is 12.1. The quantitative estimate of drug-likeness (QED) is 0.119. The van der Waals surface area contributed by atoms with E-state index in [0.717, 1.165) is 10.2 Å². The van der Waals surface area contributed by atoms with Gasteiger partial charge in [0.2, 0.25) is 5.91 Å². The Kier molecular flexibility index (Phi) is 9.76. The highest BCUT2D eigenvalue weighted by Gasteiger charge is 2.23. The summed E-state index contributed by atoms with van der Waals surface area (Å²) >= 11 is 12.7. The van der Waals surface area contributed by atoms with Gasteiger partial charge in [-0.15, -0.1) is 0 Å². The Labute approximate surface area is 199 Å². The highest BCUT2D eigenvalue weighted by Crippen LogP contribution is 2.16. The lowest BCUT2D eigenvalue weighted by atomic mass is 10.1. The minimum absolute atomic E-state index is 0.171. The number of hydrazine groups is 1. The molecule has 2 unspecified atom stereocenters. The summed E-state index contributed by atoms with van der Waals surface area (Å²) in [7, 11) is 1.52. The lowest BCUT2D eigenvalue weighted by molar-refractivity contribution is -0.125. The molecule has 0 saturated heterocycles. The Hall–Kier alpha value is -2.63. The number of carbonyl (C=O) groups is 3. The lowest BCUT2D eigenvalue weighted by Crippen LogP contribution is -2.46. The van der Waals surface area contributed by atoms with Gasteiger partial charge in [0.25, 0.3) is 5.91 Å². The van der Waals surface area contributed by atoms with Gasteiger partial charge < -0.3 is 20.2 Å². The fourth-order valence-corrected chi connectivity index (χ4v) is 3.28. The number of methoxy groups -OCH3 is 1. The maximum absolute atomic E-state index is 12.3. The third-order valence-corrected chi connectivity index (χ3v) is 5.24. The summed E-state index contributed by atoms with van der Waals surface area (Å²) in [5, 5.41) is 4.82. The van der Waals surface area contributed by atoms with E-state index in [4.69, 9.17) is 17.0 Å². The smallest absolute Gasteiger partial charge is 0.252 e. The number of aldehydes is 1. The summed E-state index contributed by atoms with van der Waals surface area (Å²) in [5.41, 5.74) is 6.07. The zero-order valence-corrected chi connectivity index (χ0v) is 19.7. The highest BCUT2D eigenvalue weighted by atomic mass is 79.9. The summed E-state index contributed by atoms with van der Waals surface area (Å²) in [4.78, 5) is 35.9. The van der Waals surface area contributed by atoms with Crippen molar-refractivity contribution in [2.45, 2.75) is 11.8 Å². The van der Waals surface area contributed by atoms with Gasteiger partial charge in [-0.25, -0.2) is 0 Å². The largest absolute Gasteiger partial charge is 0.497 e. The summed E-state index contributed by atoms with van der Waals surface area (Å²) < 4.78 is 5.92. The topological polar surface area (TPSA) is 109 Å². The maximum atomic E-state index is 12.3. The molecule has 0 aliphatic rings. The van der Waals surface area contributed by atoms with Crippen LogP contribution in [0.15, 0.2) is 53.0 Å². The molecular formula is C20H21BrN4O4S2. The van der Waals surface area contributed by atoms with Crippen molar-refractivity contribution in [3.8, 4) is 5.75 Å². The van der Waals surface area contributed by atoms with Crippen molar-refractivity contribution < 1.29 is 19.1 Å². The maximum Gasteiger partial charge on any atom is 0.252 e. The number of hydrogen-bond donors (Lipinski definition) is 5. The van der Waals surface area contributed by atoms with E-state index in [2.05, 4.69) is 50.0 Å². The summed E-state index contributed by atoms with van der Waals surface area (Å²) in [6, 6.07) is 13.8. The van der Waals surface area contributed by atoms with Crippen molar-refractivity contribution in [3.05, 3.63) is 58.6 Å². The number of halogens is 1. The Morgan fingerprint density at radius 3 is 2.52 bits per heavy atom. The van der Waals surface area contributed by atoms with Crippen molar-refractivity contribution in [1.29, 1.82) is 0 Å². The van der Waals surface area contributed by atoms with Crippen molar-refractivity contribution in [1.82, 2.24) is 16.2 Å². The van der Waals surface area contributed by atoms with E-state index in [-0.39, 0.29) is 11.5 Å². The molecule has 2 aromatic rings. The van der Waals surface area contributed by atoms with Crippen LogP contribution in [0.3, 0.4) is 0 Å². The molecule has 11 heteroatoms. The van der Waals surface area contributed by atoms with Crippen LogP contribution >= 0.6 is 40.8 Å². The number of carbonyl (C=O) groups excluding carboxylic acids is 3. The minimum Gasteiger partial charge on any atom is -0.497 e. The molecule has 0 saturated carbocycles. The van der Waals surface area contributed by atoms with Crippen LogP contribution in [0.4, 0.5) is 5.69 Å². The second kappa shape index (κ2) is 12.3. The summed E-state index contributed by atoms with van der Waals surface area (Å²) in [6.07, 6.45) is 0.372. The molecule has 2 rings (SSSR count). The van der Waals surface area contributed by atoms with Crippen LogP contribution in [-0.2, 0) is 9.59 Å². The Morgan fingerprint density at radius 1 is 1.19 bits per heavy atom. The summed E-state index contributed by atoms with van der Waals surface area (Å²) in [6.45, 7) is 0. The molecule has 31 heavy (non-hydrogen) atoms.